The average Bonchev–Trinajstić information content (AvgIpc) is 3.20. The highest BCUT2D eigenvalue weighted by molar-refractivity contribution is 5.25. The highest BCUT2D eigenvalue weighted by Crippen LogP contribution is 2.67. The van der Waals surface area contributed by atoms with E-state index in [2.05, 4.69) is 47.6 Å². The van der Waals surface area contributed by atoms with Gasteiger partial charge in [-0.15, -0.1) is 0 Å². The minimum atomic E-state index is 0.464. The second-order valence-electron chi connectivity index (χ2n) is 14.8. The molecule has 3 unspecified atom stereocenters. The number of unbranched alkanes of at least 4 members (excludes halogenated alkanes) is 5. The molecule has 0 radical (unpaired) electrons. The van der Waals surface area contributed by atoms with Crippen molar-refractivity contribution in [2.75, 3.05) is 6.61 Å². The third-order valence-electron chi connectivity index (χ3n) is 12.1. The summed E-state index contributed by atoms with van der Waals surface area (Å²) in [6.07, 6.45) is 27.0. The van der Waals surface area contributed by atoms with Crippen LogP contribution in [-0.4, -0.2) is 12.7 Å². The Labute approximate surface area is 226 Å². The molecule has 0 heterocycles. The SMILES string of the molecule is CCCCCCCCO[C@H]1CC[C@@]2(C)C(=CCC3C2CC[C@@]2(C)C3CC[C@@H]2[C@H](C)CCCC(C)C)C1. The van der Waals surface area contributed by atoms with Gasteiger partial charge in [0.25, 0.3) is 0 Å². The van der Waals surface area contributed by atoms with Gasteiger partial charge in [0.15, 0.2) is 0 Å². The summed E-state index contributed by atoms with van der Waals surface area (Å²) in [7, 11) is 0. The number of rotatable bonds is 13. The molecule has 0 bridgehead atoms. The van der Waals surface area contributed by atoms with Crippen molar-refractivity contribution < 1.29 is 4.74 Å². The van der Waals surface area contributed by atoms with Crippen LogP contribution in [0, 0.1) is 46.3 Å². The summed E-state index contributed by atoms with van der Waals surface area (Å²) in [5.74, 6) is 5.61. The van der Waals surface area contributed by atoms with Crippen LogP contribution >= 0.6 is 0 Å². The highest BCUT2D eigenvalue weighted by Gasteiger charge is 2.59. The van der Waals surface area contributed by atoms with E-state index in [-0.39, 0.29) is 0 Å². The molecule has 0 saturated heterocycles. The van der Waals surface area contributed by atoms with Crippen molar-refractivity contribution >= 4 is 0 Å². The van der Waals surface area contributed by atoms with Crippen LogP contribution in [0.1, 0.15) is 151 Å². The van der Waals surface area contributed by atoms with Crippen LogP contribution in [0.15, 0.2) is 11.6 Å². The van der Waals surface area contributed by atoms with E-state index in [0.717, 1.165) is 42.1 Å². The first-order valence-corrected chi connectivity index (χ1v) is 16.6. The van der Waals surface area contributed by atoms with Crippen molar-refractivity contribution in [3.8, 4) is 0 Å². The Bertz CT molecular complexity index is 707. The highest BCUT2D eigenvalue weighted by atomic mass is 16.5. The molecule has 3 fully saturated rings. The lowest BCUT2D eigenvalue weighted by Gasteiger charge is -2.58. The van der Waals surface area contributed by atoms with E-state index in [1.54, 1.807) is 5.57 Å². The van der Waals surface area contributed by atoms with E-state index in [1.165, 1.54) is 109 Å². The number of allylic oxidation sites excluding steroid dienone is 1. The molecule has 4 aliphatic carbocycles. The van der Waals surface area contributed by atoms with Gasteiger partial charge in [0.05, 0.1) is 6.10 Å². The van der Waals surface area contributed by atoms with Crippen molar-refractivity contribution in [1.82, 2.24) is 0 Å². The van der Waals surface area contributed by atoms with Gasteiger partial charge >= 0.3 is 0 Å². The molecule has 4 aliphatic rings. The summed E-state index contributed by atoms with van der Waals surface area (Å²) in [4.78, 5) is 0. The Morgan fingerprint density at radius 1 is 0.861 bits per heavy atom. The predicted molar refractivity (Wildman–Crippen MR) is 156 cm³/mol. The van der Waals surface area contributed by atoms with Gasteiger partial charge in [-0.3, -0.25) is 0 Å². The summed E-state index contributed by atoms with van der Waals surface area (Å²) in [6, 6.07) is 0. The Hall–Kier alpha value is -0.300. The standard InChI is InChI=1S/C35H62O/c1-7-8-9-10-11-12-24-36-29-20-22-34(5)28(25-29)16-17-30-32-19-18-31(27(4)15-13-14-26(2)3)35(32,6)23-21-33(30)34/h16,26-27,29-33H,7-15,17-25H2,1-6H3/t27-,29+,30?,31-,32?,33?,34+,35-/m1/s1. The first-order chi connectivity index (χ1) is 17.3. The topological polar surface area (TPSA) is 9.23 Å². The van der Waals surface area contributed by atoms with Crippen molar-refractivity contribution in [3.63, 3.8) is 0 Å². The summed E-state index contributed by atoms with van der Waals surface area (Å²) in [5.41, 5.74) is 2.87. The summed E-state index contributed by atoms with van der Waals surface area (Å²) in [5, 5.41) is 0. The van der Waals surface area contributed by atoms with Crippen LogP contribution in [0.3, 0.4) is 0 Å². The van der Waals surface area contributed by atoms with Crippen LogP contribution in [-0.2, 0) is 4.74 Å². The van der Waals surface area contributed by atoms with E-state index >= 15 is 0 Å². The Morgan fingerprint density at radius 3 is 2.42 bits per heavy atom. The maximum atomic E-state index is 6.45. The van der Waals surface area contributed by atoms with Gasteiger partial charge in [0.2, 0.25) is 0 Å². The molecular formula is C35H62O. The molecule has 0 N–H and O–H groups in total. The maximum Gasteiger partial charge on any atom is 0.0612 e. The number of hydrogen-bond donors (Lipinski definition) is 0. The first kappa shape index (κ1) is 28.7. The molecule has 0 aromatic rings. The zero-order valence-electron chi connectivity index (χ0n) is 25.3. The summed E-state index contributed by atoms with van der Waals surface area (Å²) < 4.78 is 6.45. The number of fused-ring (bicyclic) bond motifs is 5. The second kappa shape index (κ2) is 12.7. The summed E-state index contributed by atoms with van der Waals surface area (Å²) in [6.45, 7) is 16.1. The van der Waals surface area contributed by atoms with Crippen LogP contribution in [0.2, 0.25) is 0 Å². The van der Waals surface area contributed by atoms with Crippen molar-refractivity contribution in [3.05, 3.63) is 11.6 Å². The minimum Gasteiger partial charge on any atom is -0.378 e. The normalized spacial score (nSPS) is 38.9. The molecule has 1 heteroatoms. The van der Waals surface area contributed by atoms with Crippen LogP contribution in [0.25, 0.3) is 0 Å². The number of ether oxygens (including phenoxy) is 1. The monoisotopic (exact) mass is 498 g/mol. The molecule has 3 saturated carbocycles. The molecular weight excluding hydrogens is 436 g/mol. The van der Waals surface area contributed by atoms with Gasteiger partial charge in [-0.25, -0.2) is 0 Å². The molecule has 0 aliphatic heterocycles. The smallest absolute Gasteiger partial charge is 0.0612 e. The quantitative estimate of drug-likeness (QED) is 0.181. The molecule has 0 spiro atoms. The van der Waals surface area contributed by atoms with Crippen LogP contribution < -0.4 is 0 Å². The third kappa shape index (κ3) is 6.13. The van der Waals surface area contributed by atoms with E-state index in [4.69, 9.17) is 4.74 Å². The fraction of sp³-hybridized carbons (Fsp3) is 0.943. The summed E-state index contributed by atoms with van der Waals surface area (Å²) >= 11 is 0. The maximum absolute atomic E-state index is 6.45. The molecule has 8 atom stereocenters. The van der Waals surface area contributed by atoms with E-state index in [0.29, 0.717) is 16.9 Å². The van der Waals surface area contributed by atoms with Gasteiger partial charge in [0, 0.05) is 6.61 Å². The van der Waals surface area contributed by atoms with E-state index in [9.17, 15) is 0 Å². The molecule has 0 aromatic heterocycles. The first-order valence-electron chi connectivity index (χ1n) is 16.6. The zero-order valence-corrected chi connectivity index (χ0v) is 25.3. The van der Waals surface area contributed by atoms with Crippen molar-refractivity contribution in [2.24, 2.45) is 46.3 Å². The second-order valence-corrected chi connectivity index (χ2v) is 14.8. The molecule has 208 valence electrons. The average molecular weight is 499 g/mol. The van der Waals surface area contributed by atoms with Gasteiger partial charge in [-0.05, 0) is 104 Å². The largest absolute Gasteiger partial charge is 0.378 e. The van der Waals surface area contributed by atoms with Crippen LogP contribution in [0.4, 0.5) is 0 Å². The Morgan fingerprint density at radius 2 is 1.64 bits per heavy atom. The zero-order chi connectivity index (χ0) is 25.8. The van der Waals surface area contributed by atoms with Gasteiger partial charge < -0.3 is 4.74 Å². The Kier molecular flexibility index (Phi) is 10.1. The number of hydrogen-bond acceptors (Lipinski definition) is 1. The van der Waals surface area contributed by atoms with Gasteiger partial charge in [-0.2, -0.15) is 0 Å². The van der Waals surface area contributed by atoms with Crippen LogP contribution in [0.5, 0.6) is 0 Å². The molecule has 0 aromatic carbocycles. The molecule has 4 rings (SSSR count). The van der Waals surface area contributed by atoms with Gasteiger partial charge in [-0.1, -0.05) is 105 Å². The lowest BCUT2D eigenvalue weighted by atomic mass is 9.47. The molecule has 1 nitrogen and oxygen atoms in total. The van der Waals surface area contributed by atoms with E-state index in [1.807, 2.05) is 0 Å². The van der Waals surface area contributed by atoms with Crippen molar-refractivity contribution in [2.45, 2.75) is 157 Å². The fourth-order valence-corrected chi connectivity index (χ4v) is 9.93. The molecule has 0 amide bonds. The van der Waals surface area contributed by atoms with Gasteiger partial charge in [0.1, 0.15) is 0 Å². The lowest BCUT2D eigenvalue weighted by Crippen LogP contribution is -2.51. The van der Waals surface area contributed by atoms with Crippen molar-refractivity contribution in [1.29, 1.82) is 0 Å². The van der Waals surface area contributed by atoms with E-state index < -0.39 is 0 Å². The fourth-order valence-electron chi connectivity index (χ4n) is 9.93. The predicted octanol–water partition coefficient (Wildman–Crippen LogP) is 10.8. The third-order valence-corrected chi connectivity index (χ3v) is 12.1. The Balaban J connectivity index is 1.31. The minimum absolute atomic E-state index is 0.464. The lowest BCUT2D eigenvalue weighted by molar-refractivity contribution is -0.0641. The molecule has 36 heavy (non-hydrogen) atoms.